The maximum absolute atomic E-state index is 14.1. The Labute approximate surface area is 266 Å². The molecule has 0 unspecified atom stereocenters. The SMILES string of the molecule is C[C@@H]1CCCCO[C@H](CN(C)S(=O)(=O)c2cccs2)[C@@H](C)CN([C@H](C)CO)C(=O)c2cc(NC(=O)CCC(F)(F)F)ccc2O1. The first kappa shape index (κ1) is 36.7. The summed E-state index contributed by atoms with van der Waals surface area (Å²) in [6.45, 7) is 5.43. The minimum absolute atomic E-state index is 0.0289. The van der Waals surface area contributed by atoms with Crippen LogP contribution in [0.3, 0.4) is 0 Å². The predicted octanol–water partition coefficient (Wildman–Crippen LogP) is 5.15. The number of halogens is 3. The average Bonchev–Trinajstić information content (AvgIpc) is 3.53. The minimum Gasteiger partial charge on any atom is -0.490 e. The first-order chi connectivity index (χ1) is 21.1. The van der Waals surface area contributed by atoms with Gasteiger partial charge in [0.2, 0.25) is 5.91 Å². The standard InChI is InChI=1S/C30H42F3N3O7S2/c1-20-17-36(21(2)19-37)29(39)24-16-23(34-27(38)12-13-30(31,32)33)10-11-25(24)43-22(3)8-5-6-14-42-26(20)18-35(4)45(40,41)28-9-7-15-44-28/h7,9-11,15-16,20-22,26,37H,5-6,8,12-14,17-19H2,1-4H3,(H,34,38)/t20-,21+,22+,26+/m0/s1. The molecule has 2 amide bonds. The number of fused-ring (bicyclic) bond motifs is 1. The molecule has 0 bridgehead atoms. The lowest BCUT2D eigenvalue weighted by atomic mass is 10.0. The van der Waals surface area contributed by atoms with E-state index >= 15 is 0 Å². The number of sulfonamides is 1. The van der Waals surface area contributed by atoms with Crippen molar-refractivity contribution in [2.24, 2.45) is 5.92 Å². The Morgan fingerprint density at radius 3 is 2.62 bits per heavy atom. The maximum atomic E-state index is 14.1. The quantitative estimate of drug-likeness (QED) is 0.377. The molecule has 252 valence electrons. The predicted molar refractivity (Wildman–Crippen MR) is 165 cm³/mol. The van der Waals surface area contributed by atoms with Gasteiger partial charge in [0.15, 0.2) is 0 Å². The molecule has 2 N–H and O–H groups in total. The molecule has 0 radical (unpaired) electrons. The smallest absolute Gasteiger partial charge is 0.389 e. The Hall–Kier alpha value is -2.72. The lowest BCUT2D eigenvalue weighted by molar-refractivity contribution is -0.142. The van der Waals surface area contributed by atoms with Gasteiger partial charge in [0.25, 0.3) is 15.9 Å². The third kappa shape index (κ3) is 10.7. The van der Waals surface area contributed by atoms with E-state index in [1.54, 1.807) is 18.4 Å². The number of ether oxygens (including phenoxy) is 2. The third-order valence-electron chi connectivity index (χ3n) is 7.57. The Morgan fingerprint density at radius 2 is 1.98 bits per heavy atom. The topological polar surface area (TPSA) is 125 Å². The fraction of sp³-hybridized carbons (Fsp3) is 0.600. The molecule has 1 aliphatic rings. The summed E-state index contributed by atoms with van der Waals surface area (Å²) in [5, 5.41) is 14.2. The highest BCUT2D eigenvalue weighted by Gasteiger charge is 2.33. The van der Waals surface area contributed by atoms with Gasteiger partial charge in [0.05, 0.1) is 36.8 Å². The molecule has 15 heteroatoms. The van der Waals surface area contributed by atoms with Gasteiger partial charge in [-0.05, 0) is 62.8 Å². The second-order valence-corrected chi connectivity index (χ2v) is 14.6. The largest absolute Gasteiger partial charge is 0.490 e. The van der Waals surface area contributed by atoms with Gasteiger partial charge in [-0.3, -0.25) is 9.59 Å². The molecule has 1 aromatic carbocycles. The third-order valence-corrected chi connectivity index (χ3v) is 10.8. The van der Waals surface area contributed by atoms with E-state index in [0.29, 0.717) is 19.4 Å². The zero-order valence-corrected chi connectivity index (χ0v) is 27.5. The van der Waals surface area contributed by atoms with Gasteiger partial charge in [-0.15, -0.1) is 11.3 Å². The van der Waals surface area contributed by atoms with Crippen LogP contribution in [0.4, 0.5) is 18.9 Å². The molecule has 1 aliphatic heterocycles. The van der Waals surface area contributed by atoms with Crippen LogP contribution in [0.2, 0.25) is 0 Å². The number of hydrogen-bond acceptors (Lipinski definition) is 8. The van der Waals surface area contributed by atoms with E-state index in [1.807, 2.05) is 13.8 Å². The highest BCUT2D eigenvalue weighted by molar-refractivity contribution is 7.91. The number of carbonyl (C=O) groups excluding carboxylic acids is 2. The van der Waals surface area contributed by atoms with E-state index in [2.05, 4.69) is 5.32 Å². The van der Waals surface area contributed by atoms with Gasteiger partial charge >= 0.3 is 6.18 Å². The van der Waals surface area contributed by atoms with Gasteiger partial charge in [-0.2, -0.15) is 17.5 Å². The van der Waals surface area contributed by atoms with Crippen LogP contribution >= 0.6 is 11.3 Å². The lowest BCUT2D eigenvalue weighted by Gasteiger charge is -2.35. The molecule has 0 saturated heterocycles. The van der Waals surface area contributed by atoms with E-state index in [1.165, 1.54) is 40.5 Å². The van der Waals surface area contributed by atoms with Crippen molar-refractivity contribution >= 4 is 38.9 Å². The number of amides is 2. The summed E-state index contributed by atoms with van der Waals surface area (Å²) in [5.74, 6) is -1.55. The molecule has 0 saturated carbocycles. The van der Waals surface area contributed by atoms with Crippen LogP contribution in [0.15, 0.2) is 39.9 Å². The Morgan fingerprint density at radius 1 is 1.24 bits per heavy atom. The van der Waals surface area contributed by atoms with E-state index in [0.717, 1.165) is 17.8 Å². The van der Waals surface area contributed by atoms with Crippen LogP contribution < -0.4 is 10.1 Å². The summed E-state index contributed by atoms with van der Waals surface area (Å²) in [6.07, 6.45) is -5.41. The molecule has 10 nitrogen and oxygen atoms in total. The number of nitrogens with one attached hydrogen (secondary N) is 1. The van der Waals surface area contributed by atoms with E-state index < -0.39 is 53.0 Å². The number of anilines is 1. The fourth-order valence-electron chi connectivity index (χ4n) is 4.86. The molecule has 0 aliphatic carbocycles. The molecule has 0 fully saturated rings. The number of likely N-dealkylation sites (N-methyl/N-ethyl adjacent to an activating group) is 1. The zero-order valence-electron chi connectivity index (χ0n) is 25.9. The molecule has 2 aromatic rings. The number of alkyl halides is 3. The molecule has 0 spiro atoms. The van der Waals surface area contributed by atoms with Gasteiger partial charge in [-0.25, -0.2) is 8.42 Å². The second-order valence-electron chi connectivity index (χ2n) is 11.4. The Balaban J connectivity index is 1.94. The van der Waals surface area contributed by atoms with Gasteiger partial charge in [0.1, 0.15) is 9.96 Å². The highest BCUT2D eigenvalue weighted by Crippen LogP contribution is 2.29. The van der Waals surface area contributed by atoms with Gasteiger partial charge in [0, 0.05) is 44.8 Å². The average molecular weight is 678 g/mol. The fourth-order valence-corrected chi connectivity index (χ4v) is 7.24. The number of nitrogens with zero attached hydrogens (tertiary/aromatic N) is 2. The highest BCUT2D eigenvalue weighted by atomic mass is 32.2. The van der Waals surface area contributed by atoms with Crippen molar-refractivity contribution in [3.8, 4) is 5.75 Å². The molecule has 2 heterocycles. The van der Waals surface area contributed by atoms with Crippen LogP contribution in [0.25, 0.3) is 0 Å². The van der Waals surface area contributed by atoms with Crippen molar-refractivity contribution in [1.29, 1.82) is 0 Å². The van der Waals surface area contributed by atoms with E-state index in [9.17, 15) is 36.3 Å². The minimum atomic E-state index is -4.49. The lowest BCUT2D eigenvalue weighted by Crippen LogP contribution is -2.48. The molecule has 4 atom stereocenters. The van der Waals surface area contributed by atoms with Crippen molar-refractivity contribution in [3.05, 3.63) is 41.3 Å². The molecular weight excluding hydrogens is 635 g/mol. The summed E-state index contributed by atoms with van der Waals surface area (Å²) >= 11 is 1.11. The summed E-state index contributed by atoms with van der Waals surface area (Å²) in [6, 6.07) is 6.84. The Bertz CT molecular complexity index is 1370. The number of rotatable bonds is 9. The van der Waals surface area contributed by atoms with Crippen LogP contribution in [0.1, 0.15) is 63.2 Å². The maximum Gasteiger partial charge on any atom is 0.389 e. The first-order valence-corrected chi connectivity index (χ1v) is 17.1. The molecular formula is C30H42F3N3O7S2. The zero-order chi connectivity index (χ0) is 33.4. The number of benzene rings is 1. The van der Waals surface area contributed by atoms with Crippen molar-refractivity contribution in [2.75, 3.05) is 38.7 Å². The monoisotopic (exact) mass is 677 g/mol. The number of thiophene rings is 1. The summed E-state index contributed by atoms with van der Waals surface area (Å²) in [5.41, 5.74) is 0.188. The molecule has 45 heavy (non-hydrogen) atoms. The first-order valence-electron chi connectivity index (χ1n) is 14.8. The van der Waals surface area contributed by atoms with Crippen molar-refractivity contribution < 1.29 is 45.8 Å². The van der Waals surface area contributed by atoms with Gasteiger partial charge in [-0.1, -0.05) is 13.0 Å². The van der Waals surface area contributed by atoms with Crippen molar-refractivity contribution in [3.63, 3.8) is 0 Å². The van der Waals surface area contributed by atoms with E-state index in [4.69, 9.17) is 9.47 Å². The Kier molecular flexibility index (Phi) is 13.2. The van der Waals surface area contributed by atoms with Crippen LogP contribution in [0, 0.1) is 5.92 Å². The summed E-state index contributed by atoms with van der Waals surface area (Å²) in [4.78, 5) is 27.8. The second kappa shape index (κ2) is 16.2. The van der Waals surface area contributed by atoms with E-state index in [-0.39, 0.29) is 52.9 Å². The summed E-state index contributed by atoms with van der Waals surface area (Å²) in [7, 11) is -2.28. The molecule has 3 rings (SSSR count). The van der Waals surface area contributed by atoms with Crippen LogP contribution in [0.5, 0.6) is 5.75 Å². The summed E-state index contributed by atoms with van der Waals surface area (Å²) < 4.78 is 78.0. The normalized spacial score (nSPS) is 21.5. The number of hydrogen-bond donors (Lipinski definition) is 2. The van der Waals surface area contributed by atoms with Crippen LogP contribution in [-0.2, 0) is 19.6 Å². The van der Waals surface area contributed by atoms with Crippen molar-refractivity contribution in [2.45, 2.75) is 81.5 Å². The number of aliphatic hydroxyl groups is 1. The number of carbonyl (C=O) groups is 2. The van der Waals surface area contributed by atoms with Crippen LogP contribution in [-0.4, -0.2) is 92.3 Å². The van der Waals surface area contributed by atoms with Crippen molar-refractivity contribution in [1.82, 2.24) is 9.21 Å². The molecule has 1 aromatic heterocycles. The number of aliphatic hydroxyl groups excluding tert-OH is 1. The van der Waals surface area contributed by atoms with Gasteiger partial charge < -0.3 is 24.8 Å².